The maximum absolute atomic E-state index is 11.2. The average Bonchev–Trinajstić information content (AvgIpc) is 2.38. The van der Waals surface area contributed by atoms with Crippen molar-refractivity contribution in [3.8, 4) is 0 Å². The molecule has 0 aliphatic rings. The summed E-state index contributed by atoms with van der Waals surface area (Å²) in [6.45, 7) is 1.70. The fraction of sp³-hybridized carbons (Fsp3) is 0.462. The lowest BCUT2D eigenvalue weighted by Gasteiger charge is -2.20. The van der Waals surface area contributed by atoms with Crippen LogP contribution in [0.1, 0.15) is 12.5 Å². The lowest BCUT2D eigenvalue weighted by atomic mass is 10.1. The number of benzene rings is 1. The van der Waals surface area contributed by atoms with Crippen LogP contribution in [0.15, 0.2) is 30.3 Å². The third kappa shape index (κ3) is 4.54. The number of ether oxygens (including phenoxy) is 1. The van der Waals surface area contributed by atoms with E-state index < -0.39 is 6.04 Å². The van der Waals surface area contributed by atoms with E-state index in [0.29, 0.717) is 6.42 Å². The van der Waals surface area contributed by atoms with E-state index in [2.05, 4.69) is 10.1 Å². The SMILES string of the molecule is COC(=O)C(C)N[C@H](CO)Cc1ccccc1. The average molecular weight is 237 g/mol. The van der Waals surface area contributed by atoms with Crippen LogP contribution in [0.5, 0.6) is 0 Å². The van der Waals surface area contributed by atoms with Gasteiger partial charge in [0.15, 0.2) is 0 Å². The van der Waals surface area contributed by atoms with Gasteiger partial charge in [-0.05, 0) is 18.9 Å². The number of hydrogen-bond donors (Lipinski definition) is 2. The molecule has 17 heavy (non-hydrogen) atoms. The number of rotatable bonds is 6. The van der Waals surface area contributed by atoms with Crippen LogP contribution in [0.25, 0.3) is 0 Å². The fourth-order valence-electron chi connectivity index (χ4n) is 1.67. The highest BCUT2D eigenvalue weighted by molar-refractivity contribution is 5.75. The summed E-state index contributed by atoms with van der Waals surface area (Å²) < 4.78 is 4.62. The lowest BCUT2D eigenvalue weighted by molar-refractivity contribution is -0.142. The molecule has 0 amide bonds. The molecule has 1 rings (SSSR count). The third-order valence-electron chi connectivity index (χ3n) is 2.59. The first kappa shape index (κ1) is 13.7. The molecule has 1 unspecified atom stereocenters. The first-order valence-corrected chi connectivity index (χ1v) is 5.66. The standard InChI is InChI=1S/C13H19NO3/c1-10(13(16)17-2)14-12(9-15)8-11-6-4-3-5-7-11/h3-7,10,12,14-15H,8-9H2,1-2H3/t10?,12-/m0/s1. The molecule has 2 atom stereocenters. The number of hydrogen-bond acceptors (Lipinski definition) is 4. The van der Waals surface area contributed by atoms with Crippen molar-refractivity contribution >= 4 is 5.97 Å². The summed E-state index contributed by atoms with van der Waals surface area (Å²) in [6.07, 6.45) is 0.679. The van der Waals surface area contributed by atoms with Crippen molar-refractivity contribution in [2.75, 3.05) is 13.7 Å². The van der Waals surface area contributed by atoms with Crippen molar-refractivity contribution in [2.45, 2.75) is 25.4 Å². The number of aliphatic hydroxyl groups is 1. The molecule has 1 aromatic rings. The molecule has 0 spiro atoms. The van der Waals surface area contributed by atoms with Crippen LogP contribution in [-0.2, 0) is 16.0 Å². The highest BCUT2D eigenvalue weighted by Gasteiger charge is 2.17. The molecular weight excluding hydrogens is 218 g/mol. The first-order chi connectivity index (χ1) is 8.17. The van der Waals surface area contributed by atoms with Crippen LogP contribution in [-0.4, -0.2) is 36.9 Å². The van der Waals surface area contributed by atoms with Gasteiger partial charge < -0.3 is 9.84 Å². The molecule has 0 bridgehead atoms. The number of nitrogens with one attached hydrogen (secondary N) is 1. The molecular formula is C13H19NO3. The lowest BCUT2D eigenvalue weighted by Crippen LogP contribution is -2.44. The van der Waals surface area contributed by atoms with E-state index in [1.807, 2.05) is 30.3 Å². The number of esters is 1. The van der Waals surface area contributed by atoms with Crippen LogP contribution >= 0.6 is 0 Å². The Morgan fingerprint density at radius 2 is 2.06 bits per heavy atom. The van der Waals surface area contributed by atoms with Gasteiger partial charge in [0.05, 0.1) is 13.7 Å². The normalized spacial score (nSPS) is 14.1. The molecule has 4 nitrogen and oxygen atoms in total. The zero-order chi connectivity index (χ0) is 12.7. The number of carbonyl (C=O) groups is 1. The summed E-state index contributed by atoms with van der Waals surface area (Å²) in [7, 11) is 1.35. The minimum absolute atomic E-state index is 0.0176. The summed E-state index contributed by atoms with van der Waals surface area (Å²) in [4.78, 5) is 11.2. The quantitative estimate of drug-likeness (QED) is 0.717. The van der Waals surface area contributed by atoms with Gasteiger partial charge in [0.2, 0.25) is 0 Å². The van der Waals surface area contributed by atoms with Crippen LogP contribution in [0, 0.1) is 0 Å². The van der Waals surface area contributed by atoms with Gasteiger partial charge in [-0.25, -0.2) is 0 Å². The Morgan fingerprint density at radius 1 is 1.41 bits per heavy atom. The molecule has 0 aliphatic heterocycles. The summed E-state index contributed by atoms with van der Waals surface area (Å²) in [6, 6.07) is 9.27. The molecule has 4 heteroatoms. The van der Waals surface area contributed by atoms with Crippen LogP contribution in [0.2, 0.25) is 0 Å². The van der Waals surface area contributed by atoms with E-state index in [4.69, 9.17) is 0 Å². The minimum atomic E-state index is -0.416. The van der Waals surface area contributed by atoms with E-state index in [1.165, 1.54) is 7.11 Å². The second-order valence-electron chi connectivity index (χ2n) is 3.98. The van der Waals surface area contributed by atoms with Gasteiger partial charge in [-0.15, -0.1) is 0 Å². The molecule has 0 aromatic heterocycles. The van der Waals surface area contributed by atoms with E-state index >= 15 is 0 Å². The van der Waals surface area contributed by atoms with Crippen LogP contribution < -0.4 is 5.32 Å². The smallest absolute Gasteiger partial charge is 0.322 e. The van der Waals surface area contributed by atoms with Crippen LogP contribution in [0.4, 0.5) is 0 Å². The first-order valence-electron chi connectivity index (χ1n) is 5.66. The van der Waals surface area contributed by atoms with Gasteiger partial charge in [0.1, 0.15) is 6.04 Å². The fourth-order valence-corrected chi connectivity index (χ4v) is 1.67. The van der Waals surface area contributed by atoms with Crippen molar-refractivity contribution in [2.24, 2.45) is 0 Å². The largest absolute Gasteiger partial charge is 0.468 e. The molecule has 1 aromatic carbocycles. The third-order valence-corrected chi connectivity index (χ3v) is 2.59. The van der Waals surface area contributed by atoms with Crippen LogP contribution in [0.3, 0.4) is 0 Å². The predicted octanol–water partition coefficient (Wildman–Crippen LogP) is 0.741. The molecule has 0 fully saturated rings. The zero-order valence-corrected chi connectivity index (χ0v) is 10.2. The van der Waals surface area contributed by atoms with Gasteiger partial charge in [-0.1, -0.05) is 30.3 Å². The molecule has 2 N–H and O–H groups in total. The number of carbonyl (C=O) groups excluding carboxylic acids is 1. The monoisotopic (exact) mass is 237 g/mol. The van der Waals surface area contributed by atoms with Crippen molar-refractivity contribution in [1.82, 2.24) is 5.32 Å². The molecule has 0 radical (unpaired) electrons. The molecule has 0 heterocycles. The Bertz CT molecular complexity index is 340. The number of methoxy groups -OCH3 is 1. The summed E-state index contributed by atoms with van der Waals surface area (Å²) >= 11 is 0. The topological polar surface area (TPSA) is 58.6 Å². The summed E-state index contributed by atoms with van der Waals surface area (Å²) in [5, 5.41) is 12.3. The van der Waals surface area contributed by atoms with Gasteiger partial charge >= 0.3 is 5.97 Å². The molecule has 0 saturated heterocycles. The second kappa shape index (κ2) is 7.04. The molecule has 94 valence electrons. The van der Waals surface area contributed by atoms with Gasteiger partial charge in [0.25, 0.3) is 0 Å². The number of aliphatic hydroxyl groups excluding tert-OH is 1. The van der Waals surface area contributed by atoms with Crippen molar-refractivity contribution in [1.29, 1.82) is 0 Å². The highest BCUT2D eigenvalue weighted by atomic mass is 16.5. The zero-order valence-electron chi connectivity index (χ0n) is 10.2. The van der Waals surface area contributed by atoms with Crippen molar-refractivity contribution in [3.05, 3.63) is 35.9 Å². The van der Waals surface area contributed by atoms with Gasteiger partial charge in [-0.3, -0.25) is 10.1 Å². The van der Waals surface area contributed by atoms with E-state index in [0.717, 1.165) is 5.56 Å². The maximum Gasteiger partial charge on any atom is 0.322 e. The Balaban J connectivity index is 2.52. The van der Waals surface area contributed by atoms with E-state index in [1.54, 1.807) is 6.92 Å². The predicted molar refractivity (Wildman–Crippen MR) is 65.6 cm³/mol. The maximum atomic E-state index is 11.2. The Kier molecular flexibility index (Phi) is 5.66. The van der Waals surface area contributed by atoms with Crippen molar-refractivity contribution in [3.63, 3.8) is 0 Å². The molecule has 0 saturated carbocycles. The highest BCUT2D eigenvalue weighted by Crippen LogP contribution is 2.03. The Labute approximate surface area is 102 Å². The van der Waals surface area contributed by atoms with Gasteiger partial charge in [0, 0.05) is 6.04 Å². The minimum Gasteiger partial charge on any atom is -0.468 e. The van der Waals surface area contributed by atoms with E-state index in [-0.39, 0.29) is 18.6 Å². The van der Waals surface area contributed by atoms with E-state index in [9.17, 15) is 9.90 Å². The molecule has 0 aliphatic carbocycles. The second-order valence-corrected chi connectivity index (χ2v) is 3.98. The Hall–Kier alpha value is -1.39. The summed E-state index contributed by atoms with van der Waals surface area (Å²) in [5.74, 6) is -0.323. The van der Waals surface area contributed by atoms with Crippen molar-refractivity contribution < 1.29 is 14.6 Å². The Morgan fingerprint density at radius 3 is 2.59 bits per heavy atom. The summed E-state index contributed by atoms with van der Waals surface area (Å²) in [5.41, 5.74) is 1.12. The van der Waals surface area contributed by atoms with Gasteiger partial charge in [-0.2, -0.15) is 0 Å².